The number of hydrogen-bond donors (Lipinski definition) is 1. The Labute approximate surface area is 103 Å². The van der Waals surface area contributed by atoms with E-state index in [-0.39, 0.29) is 5.60 Å². The second kappa shape index (κ2) is 5.98. The number of hydrogen-bond acceptors (Lipinski definition) is 4. The summed E-state index contributed by atoms with van der Waals surface area (Å²) in [6, 6.07) is 3.78. The Balaban J connectivity index is 2.72. The van der Waals surface area contributed by atoms with Crippen molar-refractivity contribution < 1.29 is 9.47 Å². The number of methoxy groups -OCH3 is 1. The lowest BCUT2D eigenvalue weighted by Gasteiger charge is -2.26. The Morgan fingerprint density at radius 3 is 2.65 bits per heavy atom. The molecule has 0 aliphatic carbocycles. The van der Waals surface area contributed by atoms with Crippen LogP contribution in [0.15, 0.2) is 12.1 Å². The van der Waals surface area contributed by atoms with Crippen LogP contribution in [0.1, 0.15) is 31.7 Å². The zero-order valence-corrected chi connectivity index (χ0v) is 11.1. The van der Waals surface area contributed by atoms with Crippen molar-refractivity contribution in [1.82, 2.24) is 4.98 Å². The van der Waals surface area contributed by atoms with Crippen LogP contribution in [0.5, 0.6) is 5.75 Å². The Morgan fingerprint density at radius 2 is 2.12 bits per heavy atom. The minimum absolute atomic E-state index is 0.279. The zero-order chi connectivity index (χ0) is 12.9. The fourth-order valence-electron chi connectivity index (χ4n) is 1.45. The first-order valence-corrected chi connectivity index (χ1v) is 5.88. The number of aryl methyl sites for hydroxylation is 1. The molecule has 0 amide bonds. The molecule has 1 aromatic heterocycles. The van der Waals surface area contributed by atoms with E-state index < -0.39 is 0 Å². The maximum absolute atomic E-state index is 5.83. The minimum Gasteiger partial charge on any atom is -0.497 e. The van der Waals surface area contributed by atoms with Crippen molar-refractivity contribution in [2.45, 2.75) is 39.4 Å². The van der Waals surface area contributed by atoms with Gasteiger partial charge in [0.15, 0.2) is 0 Å². The van der Waals surface area contributed by atoms with Gasteiger partial charge in [-0.1, -0.05) is 6.92 Å². The molecule has 0 saturated heterocycles. The molecule has 96 valence electrons. The molecule has 0 aromatic carbocycles. The van der Waals surface area contributed by atoms with Crippen LogP contribution >= 0.6 is 0 Å². The second-order valence-electron chi connectivity index (χ2n) is 4.44. The third kappa shape index (κ3) is 3.98. The van der Waals surface area contributed by atoms with Crippen LogP contribution in [0.3, 0.4) is 0 Å². The van der Waals surface area contributed by atoms with E-state index in [1.807, 2.05) is 26.0 Å². The molecule has 0 radical (unpaired) electrons. The summed E-state index contributed by atoms with van der Waals surface area (Å²) in [6.45, 7) is 6.98. The first-order valence-electron chi connectivity index (χ1n) is 5.88. The molecule has 2 N–H and O–H groups in total. The molecule has 1 heterocycles. The normalized spacial score (nSPS) is 14.4. The van der Waals surface area contributed by atoms with Crippen molar-refractivity contribution in [1.29, 1.82) is 0 Å². The van der Waals surface area contributed by atoms with Gasteiger partial charge in [0.1, 0.15) is 5.75 Å². The summed E-state index contributed by atoms with van der Waals surface area (Å²) in [7, 11) is 1.65. The monoisotopic (exact) mass is 238 g/mol. The zero-order valence-electron chi connectivity index (χ0n) is 11.1. The summed E-state index contributed by atoms with van der Waals surface area (Å²) >= 11 is 0. The summed E-state index contributed by atoms with van der Waals surface area (Å²) in [6.07, 6.45) is 0.881. The van der Waals surface area contributed by atoms with Crippen LogP contribution in [0.2, 0.25) is 0 Å². The molecule has 1 rings (SSSR count). The topological polar surface area (TPSA) is 57.4 Å². The standard InChI is InChI=1S/C13H22N2O2/c1-5-13(3,9-14)17-8-11-7-12(16-4)6-10(2)15-11/h6-7H,5,8-9,14H2,1-4H3. The fraction of sp³-hybridized carbons (Fsp3) is 0.615. The average molecular weight is 238 g/mol. The van der Waals surface area contributed by atoms with E-state index in [0.29, 0.717) is 13.2 Å². The summed E-state index contributed by atoms with van der Waals surface area (Å²) in [5.74, 6) is 0.807. The van der Waals surface area contributed by atoms with Gasteiger partial charge < -0.3 is 15.2 Å². The Hall–Kier alpha value is -1.13. The molecule has 4 nitrogen and oxygen atoms in total. The quantitative estimate of drug-likeness (QED) is 0.824. The molecule has 0 bridgehead atoms. The van der Waals surface area contributed by atoms with Crippen LogP contribution in [0, 0.1) is 6.92 Å². The van der Waals surface area contributed by atoms with Crippen LogP contribution < -0.4 is 10.5 Å². The summed E-state index contributed by atoms with van der Waals surface area (Å²) in [5.41, 5.74) is 7.21. The number of nitrogens with zero attached hydrogens (tertiary/aromatic N) is 1. The maximum atomic E-state index is 5.83. The van der Waals surface area contributed by atoms with Gasteiger partial charge in [-0.05, 0) is 20.3 Å². The lowest BCUT2D eigenvalue weighted by atomic mass is 10.0. The van der Waals surface area contributed by atoms with E-state index in [0.717, 1.165) is 23.6 Å². The van der Waals surface area contributed by atoms with E-state index in [9.17, 15) is 0 Å². The first-order chi connectivity index (χ1) is 8.03. The molecule has 1 atom stereocenters. The summed E-state index contributed by atoms with van der Waals surface area (Å²) in [4.78, 5) is 4.41. The molecule has 1 unspecified atom stereocenters. The van der Waals surface area contributed by atoms with Gasteiger partial charge in [-0.25, -0.2) is 0 Å². The van der Waals surface area contributed by atoms with Gasteiger partial charge in [0, 0.05) is 24.4 Å². The second-order valence-corrected chi connectivity index (χ2v) is 4.44. The van der Waals surface area contributed by atoms with Gasteiger partial charge in [0.25, 0.3) is 0 Å². The molecular formula is C13H22N2O2. The summed E-state index contributed by atoms with van der Waals surface area (Å²) < 4.78 is 11.0. The van der Waals surface area contributed by atoms with Crippen LogP contribution in [-0.4, -0.2) is 24.2 Å². The van der Waals surface area contributed by atoms with Crippen LogP contribution in [-0.2, 0) is 11.3 Å². The van der Waals surface area contributed by atoms with E-state index in [1.54, 1.807) is 7.11 Å². The van der Waals surface area contributed by atoms with Gasteiger partial charge in [-0.2, -0.15) is 0 Å². The van der Waals surface area contributed by atoms with Crippen molar-refractivity contribution in [2.24, 2.45) is 5.73 Å². The lowest BCUT2D eigenvalue weighted by Crippen LogP contribution is -2.36. The first kappa shape index (κ1) is 13.9. The number of nitrogens with two attached hydrogens (primary N) is 1. The molecule has 0 aliphatic rings. The van der Waals surface area contributed by atoms with Crippen LogP contribution in [0.25, 0.3) is 0 Å². The molecule has 17 heavy (non-hydrogen) atoms. The number of rotatable bonds is 6. The highest BCUT2D eigenvalue weighted by molar-refractivity contribution is 5.26. The maximum Gasteiger partial charge on any atom is 0.122 e. The fourth-order valence-corrected chi connectivity index (χ4v) is 1.45. The minimum atomic E-state index is -0.279. The third-order valence-electron chi connectivity index (χ3n) is 2.96. The largest absolute Gasteiger partial charge is 0.497 e. The number of aromatic nitrogens is 1. The molecule has 0 fully saturated rings. The predicted octanol–water partition coefficient (Wildman–Crippen LogP) is 2.04. The Morgan fingerprint density at radius 1 is 1.41 bits per heavy atom. The SMILES string of the molecule is CCC(C)(CN)OCc1cc(OC)cc(C)n1. The van der Waals surface area contributed by atoms with Crippen LogP contribution in [0.4, 0.5) is 0 Å². The number of pyridine rings is 1. The molecule has 0 saturated carbocycles. The lowest BCUT2D eigenvalue weighted by molar-refractivity contribution is -0.0402. The average Bonchev–Trinajstić information content (AvgIpc) is 2.35. The van der Waals surface area contributed by atoms with Crippen molar-refractivity contribution >= 4 is 0 Å². The van der Waals surface area contributed by atoms with Gasteiger partial charge in [-0.3, -0.25) is 4.98 Å². The Bertz CT molecular complexity index is 362. The van der Waals surface area contributed by atoms with E-state index in [1.165, 1.54) is 0 Å². The summed E-state index contributed by atoms with van der Waals surface area (Å²) in [5, 5.41) is 0. The van der Waals surface area contributed by atoms with Crippen molar-refractivity contribution in [3.63, 3.8) is 0 Å². The van der Waals surface area contributed by atoms with E-state index in [2.05, 4.69) is 11.9 Å². The molecule has 1 aromatic rings. The molecule has 0 spiro atoms. The predicted molar refractivity (Wildman–Crippen MR) is 68.1 cm³/mol. The third-order valence-corrected chi connectivity index (χ3v) is 2.96. The smallest absolute Gasteiger partial charge is 0.122 e. The van der Waals surface area contributed by atoms with E-state index >= 15 is 0 Å². The number of ether oxygens (including phenoxy) is 2. The Kier molecular flexibility index (Phi) is 4.90. The molecular weight excluding hydrogens is 216 g/mol. The highest BCUT2D eigenvalue weighted by Crippen LogP contribution is 2.18. The van der Waals surface area contributed by atoms with Crippen molar-refractivity contribution in [3.8, 4) is 5.75 Å². The highest BCUT2D eigenvalue weighted by atomic mass is 16.5. The van der Waals surface area contributed by atoms with Gasteiger partial charge in [-0.15, -0.1) is 0 Å². The molecule has 4 heteroatoms. The van der Waals surface area contributed by atoms with Crippen molar-refractivity contribution in [2.75, 3.05) is 13.7 Å². The van der Waals surface area contributed by atoms with Gasteiger partial charge >= 0.3 is 0 Å². The van der Waals surface area contributed by atoms with E-state index in [4.69, 9.17) is 15.2 Å². The highest BCUT2D eigenvalue weighted by Gasteiger charge is 2.20. The van der Waals surface area contributed by atoms with Gasteiger partial charge in [0.05, 0.1) is 25.0 Å². The van der Waals surface area contributed by atoms with Crippen molar-refractivity contribution in [3.05, 3.63) is 23.5 Å². The molecule has 0 aliphatic heterocycles. The van der Waals surface area contributed by atoms with Gasteiger partial charge in [0.2, 0.25) is 0 Å².